The predicted molar refractivity (Wildman–Crippen MR) is 106 cm³/mol. The molecule has 0 aliphatic carbocycles. The molecule has 144 valence electrons. The molecule has 1 aromatic heterocycles. The molecule has 2 aliphatic rings. The maximum Gasteiger partial charge on any atom is 0.264 e. The van der Waals surface area contributed by atoms with Crippen LogP contribution in [0.3, 0.4) is 0 Å². The van der Waals surface area contributed by atoms with Gasteiger partial charge in [-0.2, -0.15) is 0 Å². The van der Waals surface area contributed by atoms with Crippen LogP contribution in [0, 0.1) is 0 Å². The SMILES string of the molecule is NC(=O)CCN1CC[C@@H](c2c(C(=O)N3CCOCC3)sc3ccccc23)C1. The molecule has 0 unspecified atom stereocenters. The second-order valence-electron chi connectivity index (χ2n) is 7.25. The number of carbonyl (C=O) groups is 2. The number of nitrogens with zero attached hydrogens (tertiary/aromatic N) is 2. The Morgan fingerprint density at radius 2 is 1.96 bits per heavy atom. The highest BCUT2D eigenvalue weighted by Crippen LogP contribution is 2.40. The Hall–Kier alpha value is -1.96. The fourth-order valence-electron chi connectivity index (χ4n) is 4.08. The van der Waals surface area contributed by atoms with Crippen molar-refractivity contribution in [3.63, 3.8) is 0 Å². The third-order valence-electron chi connectivity index (χ3n) is 5.48. The number of likely N-dealkylation sites (tertiary alicyclic amines) is 1. The minimum Gasteiger partial charge on any atom is -0.378 e. The van der Waals surface area contributed by atoms with Crippen molar-refractivity contribution in [1.82, 2.24) is 9.80 Å². The lowest BCUT2D eigenvalue weighted by Crippen LogP contribution is -2.40. The van der Waals surface area contributed by atoms with Crippen molar-refractivity contribution < 1.29 is 14.3 Å². The summed E-state index contributed by atoms with van der Waals surface area (Å²) in [6.07, 6.45) is 1.39. The lowest BCUT2D eigenvalue weighted by molar-refractivity contribution is -0.118. The highest BCUT2D eigenvalue weighted by atomic mass is 32.1. The van der Waals surface area contributed by atoms with Crippen LogP contribution in [0.4, 0.5) is 0 Å². The first-order chi connectivity index (χ1) is 13.1. The Morgan fingerprint density at radius 1 is 1.19 bits per heavy atom. The van der Waals surface area contributed by atoms with E-state index in [1.165, 1.54) is 15.6 Å². The lowest BCUT2D eigenvalue weighted by Gasteiger charge is -2.27. The van der Waals surface area contributed by atoms with Gasteiger partial charge < -0.3 is 20.3 Å². The Morgan fingerprint density at radius 3 is 2.74 bits per heavy atom. The van der Waals surface area contributed by atoms with E-state index in [4.69, 9.17) is 10.5 Å². The summed E-state index contributed by atoms with van der Waals surface area (Å²) in [6.45, 7) is 5.03. The average molecular weight is 388 g/mol. The van der Waals surface area contributed by atoms with Crippen molar-refractivity contribution in [1.29, 1.82) is 0 Å². The van der Waals surface area contributed by atoms with E-state index in [0.29, 0.717) is 45.2 Å². The van der Waals surface area contributed by atoms with Crippen LogP contribution in [-0.4, -0.2) is 67.6 Å². The maximum atomic E-state index is 13.2. The molecule has 2 aliphatic heterocycles. The molecule has 0 spiro atoms. The molecule has 2 fully saturated rings. The summed E-state index contributed by atoms with van der Waals surface area (Å²) < 4.78 is 6.57. The van der Waals surface area contributed by atoms with E-state index in [1.54, 1.807) is 11.3 Å². The third kappa shape index (κ3) is 3.85. The predicted octanol–water partition coefficient (Wildman–Crippen LogP) is 2.04. The summed E-state index contributed by atoms with van der Waals surface area (Å²) in [5, 5.41) is 1.20. The number of morpholine rings is 1. The number of ether oxygens (including phenoxy) is 1. The smallest absolute Gasteiger partial charge is 0.264 e. The van der Waals surface area contributed by atoms with E-state index in [1.807, 2.05) is 17.0 Å². The van der Waals surface area contributed by atoms with Gasteiger partial charge in [0.15, 0.2) is 0 Å². The van der Waals surface area contributed by atoms with Crippen molar-refractivity contribution in [3.8, 4) is 0 Å². The number of hydrogen-bond acceptors (Lipinski definition) is 5. The van der Waals surface area contributed by atoms with Gasteiger partial charge in [-0.15, -0.1) is 11.3 Å². The molecule has 0 radical (unpaired) electrons. The Kier molecular flexibility index (Phi) is 5.43. The van der Waals surface area contributed by atoms with Gasteiger partial charge >= 0.3 is 0 Å². The van der Waals surface area contributed by atoms with Crippen molar-refractivity contribution in [2.45, 2.75) is 18.8 Å². The van der Waals surface area contributed by atoms with Crippen molar-refractivity contribution in [2.24, 2.45) is 5.73 Å². The van der Waals surface area contributed by atoms with Crippen molar-refractivity contribution in [3.05, 3.63) is 34.7 Å². The van der Waals surface area contributed by atoms with E-state index in [2.05, 4.69) is 17.0 Å². The zero-order valence-electron chi connectivity index (χ0n) is 15.4. The van der Waals surface area contributed by atoms with Gasteiger partial charge in [-0.25, -0.2) is 0 Å². The molecule has 6 nitrogen and oxygen atoms in total. The monoisotopic (exact) mass is 387 g/mol. The summed E-state index contributed by atoms with van der Waals surface area (Å²) in [4.78, 5) is 29.4. The number of carbonyl (C=O) groups excluding carboxylic acids is 2. The number of fused-ring (bicyclic) bond motifs is 1. The quantitative estimate of drug-likeness (QED) is 0.852. The van der Waals surface area contributed by atoms with Crippen LogP contribution < -0.4 is 5.73 Å². The highest BCUT2D eigenvalue weighted by Gasteiger charge is 2.32. The van der Waals surface area contributed by atoms with Gasteiger partial charge in [0.1, 0.15) is 0 Å². The molecular formula is C20H25N3O3S. The van der Waals surface area contributed by atoms with E-state index < -0.39 is 0 Å². The molecule has 2 aromatic rings. The molecule has 7 heteroatoms. The van der Waals surface area contributed by atoms with Gasteiger partial charge in [-0.1, -0.05) is 18.2 Å². The second-order valence-corrected chi connectivity index (χ2v) is 8.30. The number of nitrogens with two attached hydrogens (primary N) is 1. The fraction of sp³-hybridized carbons (Fsp3) is 0.500. The van der Waals surface area contributed by atoms with Gasteiger partial charge in [0.25, 0.3) is 5.91 Å². The largest absolute Gasteiger partial charge is 0.378 e. The normalized spacial score (nSPS) is 21.0. The summed E-state index contributed by atoms with van der Waals surface area (Å²) in [5.41, 5.74) is 6.48. The Balaban J connectivity index is 1.63. The zero-order chi connectivity index (χ0) is 18.8. The Labute approximate surface area is 162 Å². The molecule has 2 amide bonds. The standard InChI is InChI=1S/C20H25N3O3S/c21-17(24)6-8-22-7-5-14(13-22)18-15-3-1-2-4-16(15)27-19(18)20(25)23-9-11-26-12-10-23/h1-4,14H,5-13H2,(H2,21,24)/t14-/m1/s1. The maximum absolute atomic E-state index is 13.2. The van der Waals surface area contributed by atoms with E-state index in [9.17, 15) is 9.59 Å². The van der Waals surface area contributed by atoms with E-state index >= 15 is 0 Å². The first kappa shape index (κ1) is 18.4. The van der Waals surface area contributed by atoms with Crippen molar-refractivity contribution >= 4 is 33.2 Å². The first-order valence-electron chi connectivity index (χ1n) is 9.52. The minimum absolute atomic E-state index is 0.130. The molecule has 1 atom stereocenters. The fourth-order valence-corrected chi connectivity index (χ4v) is 5.34. The van der Waals surface area contributed by atoms with Crippen molar-refractivity contribution in [2.75, 3.05) is 45.9 Å². The van der Waals surface area contributed by atoms with Crippen LogP contribution in [-0.2, 0) is 9.53 Å². The van der Waals surface area contributed by atoms with Crippen LogP contribution in [0.1, 0.15) is 34.0 Å². The molecule has 4 rings (SSSR count). The van der Waals surface area contributed by atoms with E-state index in [-0.39, 0.29) is 11.8 Å². The molecular weight excluding hydrogens is 362 g/mol. The minimum atomic E-state index is -0.261. The number of hydrogen-bond donors (Lipinski definition) is 1. The molecule has 1 aromatic carbocycles. The summed E-state index contributed by atoms with van der Waals surface area (Å²) in [6, 6.07) is 8.30. The number of amides is 2. The van der Waals surface area contributed by atoms with Crippen LogP contribution in [0.25, 0.3) is 10.1 Å². The zero-order valence-corrected chi connectivity index (χ0v) is 16.2. The number of primary amides is 1. The number of rotatable bonds is 5. The molecule has 27 heavy (non-hydrogen) atoms. The Bertz CT molecular complexity index is 844. The molecule has 0 saturated carbocycles. The molecule has 2 N–H and O–H groups in total. The number of thiophene rings is 1. The molecule has 2 saturated heterocycles. The lowest BCUT2D eigenvalue weighted by atomic mass is 9.94. The van der Waals surface area contributed by atoms with Gasteiger partial charge in [0, 0.05) is 43.2 Å². The van der Waals surface area contributed by atoms with Crippen LogP contribution >= 0.6 is 11.3 Å². The second kappa shape index (κ2) is 7.96. The summed E-state index contributed by atoms with van der Waals surface area (Å²) >= 11 is 1.61. The van der Waals surface area contributed by atoms with Gasteiger partial charge in [-0.05, 0) is 30.0 Å². The van der Waals surface area contributed by atoms with Crippen LogP contribution in [0.5, 0.6) is 0 Å². The van der Waals surface area contributed by atoms with Gasteiger partial charge in [0.2, 0.25) is 5.91 Å². The topological polar surface area (TPSA) is 75.9 Å². The highest BCUT2D eigenvalue weighted by molar-refractivity contribution is 7.21. The van der Waals surface area contributed by atoms with Crippen LogP contribution in [0.2, 0.25) is 0 Å². The van der Waals surface area contributed by atoms with E-state index in [0.717, 1.165) is 24.4 Å². The summed E-state index contributed by atoms with van der Waals surface area (Å²) in [5.74, 6) is 0.182. The summed E-state index contributed by atoms with van der Waals surface area (Å²) in [7, 11) is 0. The molecule has 3 heterocycles. The van der Waals surface area contributed by atoms with Gasteiger partial charge in [0.05, 0.1) is 18.1 Å². The average Bonchev–Trinajstić information content (AvgIpc) is 3.30. The number of benzene rings is 1. The van der Waals surface area contributed by atoms with Crippen LogP contribution in [0.15, 0.2) is 24.3 Å². The van der Waals surface area contributed by atoms with Gasteiger partial charge in [-0.3, -0.25) is 9.59 Å². The first-order valence-corrected chi connectivity index (χ1v) is 10.3. The molecule has 0 bridgehead atoms. The third-order valence-corrected chi connectivity index (χ3v) is 6.66.